The van der Waals surface area contributed by atoms with Gasteiger partial charge in [-0.25, -0.2) is 0 Å². The fraction of sp³-hybridized carbons (Fsp3) is 0.846. The quantitative estimate of drug-likeness (QED) is 0.489. The zero-order chi connectivity index (χ0) is 10.1. The summed E-state index contributed by atoms with van der Waals surface area (Å²) in [6, 6.07) is 0. The van der Waals surface area contributed by atoms with Crippen LogP contribution in [0.1, 0.15) is 66.2 Å². The molecular formula is C13H26. The van der Waals surface area contributed by atoms with Gasteiger partial charge in [0.15, 0.2) is 0 Å². The minimum absolute atomic E-state index is 0.900. The van der Waals surface area contributed by atoms with Gasteiger partial charge in [0, 0.05) is 0 Å². The van der Waals surface area contributed by atoms with Crippen molar-refractivity contribution in [3.05, 3.63) is 11.6 Å². The highest BCUT2D eigenvalue weighted by atomic mass is 14.1. The van der Waals surface area contributed by atoms with Crippen LogP contribution >= 0.6 is 0 Å². The van der Waals surface area contributed by atoms with Crippen molar-refractivity contribution < 1.29 is 0 Å². The summed E-state index contributed by atoms with van der Waals surface area (Å²) in [5, 5.41) is 0. The van der Waals surface area contributed by atoms with Gasteiger partial charge in [0.25, 0.3) is 0 Å². The van der Waals surface area contributed by atoms with Gasteiger partial charge < -0.3 is 0 Å². The lowest BCUT2D eigenvalue weighted by atomic mass is 9.96. The molecule has 0 rings (SSSR count). The zero-order valence-electron chi connectivity index (χ0n) is 9.90. The molecule has 0 nitrogen and oxygen atoms in total. The summed E-state index contributed by atoms with van der Waals surface area (Å²) in [6.45, 7) is 9.15. The molecule has 0 bridgehead atoms. The van der Waals surface area contributed by atoms with E-state index in [4.69, 9.17) is 0 Å². The highest BCUT2D eigenvalue weighted by Gasteiger charge is 2.01. The normalized spacial score (nSPS) is 14.6. The molecule has 13 heavy (non-hydrogen) atoms. The second kappa shape index (κ2) is 8.34. The Bertz CT molecular complexity index is 133. The van der Waals surface area contributed by atoms with Gasteiger partial charge in [-0.1, -0.05) is 52.2 Å². The molecule has 0 fully saturated rings. The number of allylic oxidation sites excluding steroid dienone is 2. The Morgan fingerprint density at radius 3 is 2.31 bits per heavy atom. The second-order valence-electron chi connectivity index (χ2n) is 4.07. The van der Waals surface area contributed by atoms with Gasteiger partial charge in [-0.05, 0) is 31.6 Å². The number of hydrogen-bond acceptors (Lipinski definition) is 0. The van der Waals surface area contributed by atoms with Crippen molar-refractivity contribution in [3.63, 3.8) is 0 Å². The van der Waals surface area contributed by atoms with E-state index in [1.54, 1.807) is 5.57 Å². The molecule has 0 aromatic carbocycles. The molecule has 0 saturated heterocycles. The largest absolute Gasteiger partial charge is 0.0856 e. The van der Waals surface area contributed by atoms with Crippen LogP contribution in [0.4, 0.5) is 0 Å². The molecule has 0 aliphatic rings. The summed E-state index contributed by atoms with van der Waals surface area (Å²) in [5.74, 6) is 0.900. The van der Waals surface area contributed by atoms with Crippen molar-refractivity contribution in [2.75, 3.05) is 0 Å². The van der Waals surface area contributed by atoms with Crippen LogP contribution in [0.25, 0.3) is 0 Å². The molecular weight excluding hydrogens is 156 g/mol. The minimum atomic E-state index is 0.900. The van der Waals surface area contributed by atoms with Crippen molar-refractivity contribution in [1.29, 1.82) is 0 Å². The monoisotopic (exact) mass is 182 g/mol. The van der Waals surface area contributed by atoms with Gasteiger partial charge in [0.1, 0.15) is 0 Å². The molecule has 0 heterocycles. The molecule has 0 N–H and O–H groups in total. The van der Waals surface area contributed by atoms with Crippen LogP contribution < -0.4 is 0 Å². The lowest BCUT2D eigenvalue weighted by Gasteiger charge is -2.10. The van der Waals surface area contributed by atoms with E-state index in [2.05, 4.69) is 33.8 Å². The number of rotatable bonds is 7. The summed E-state index contributed by atoms with van der Waals surface area (Å²) >= 11 is 0. The predicted molar refractivity (Wildman–Crippen MR) is 62.0 cm³/mol. The summed E-state index contributed by atoms with van der Waals surface area (Å²) < 4.78 is 0. The molecule has 0 aromatic heterocycles. The summed E-state index contributed by atoms with van der Waals surface area (Å²) in [5.41, 5.74) is 1.69. The van der Waals surface area contributed by atoms with E-state index in [-0.39, 0.29) is 0 Å². The fourth-order valence-electron chi connectivity index (χ4n) is 1.57. The summed E-state index contributed by atoms with van der Waals surface area (Å²) in [4.78, 5) is 0. The lowest BCUT2D eigenvalue weighted by molar-refractivity contribution is 0.510. The first-order valence-corrected chi connectivity index (χ1v) is 5.92. The average molecular weight is 182 g/mol. The molecule has 0 saturated carbocycles. The molecule has 78 valence electrons. The third kappa shape index (κ3) is 6.86. The Hall–Kier alpha value is -0.260. The van der Waals surface area contributed by atoms with E-state index in [1.165, 1.54) is 38.5 Å². The number of hydrogen-bond donors (Lipinski definition) is 0. The Morgan fingerprint density at radius 2 is 1.85 bits per heavy atom. The Kier molecular flexibility index (Phi) is 8.18. The zero-order valence-corrected chi connectivity index (χ0v) is 9.90. The first kappa shape index (κ1) is 12.7. The Labute approximate surface area is 84.4 Å². The minimum Gasteiger partial charge on any atom is -0.0856 e. The van der Waals surface area contributed by atoms with E-state index < -0.39 is 0 Å². The third-order valence-corrected chi connectivity index (χ3v) is 2.72. The highest BCUT2D eigenvalue weighted by molar-refractivity contribution is 5.01. The fourth-order valence-corrected chi connectivity index (χ4v) is 1.57. The molecule has 0 heteroatoms. The van der Waals surface area contributed by atoms with Gasteiger partial charge in [-0.15, -0.1) is 0 Å². The molecule has 0 aliphatic carbocycles. The van der Waals surface area contributed by atoms with Crippen LogP contribution in [0, 0.1) is 5.92 Å². The third-order valence-electron chi connectivity index (χ3n) is 2.72. The van der Waals surface area contributed by atoms with E-state index in [9.17, 15) is 0 Å². The van der Waals surface area contributed by atoms with Crippen LogP contribution in [0.5, 0.6) is 0 Å². The molecule has 0 aliphatic heterocycles. The Balaban J connectivity index is 3.75. The van der Waals surface area contributed by atoms with Crippen LogP contribution in [-0.2, 0) is 0 Å². The first-order chi connectivity index (χ1) is 6.24. The van der Waals surface area contributed by atoms with Gasteiger partial charge >= 0.3 is 0 Å². The van der Waals surface area contributed by atoms with Gasteiger partial charge in [0.2, 0.25) is 0 Å². The maximum absolute atomic E-state index is 2.42. The predicted octanol–water partition coefficient (Wildman–Crippen LogP) is 4.95. The van der Waals surface area contributed by atoms with Crippen LogP contribution in [0.2, 0.25) is 0 Å². The van der Waals surface area contributed by atoms with Gasteiger partial charge in [0.05, 0.1) is 0 Å². The van der Waals surface area contributed by atoms with E-state index >= 15 is 0 Å². The molecule has 0 amide bonds. The highest BCUT2D eigenvalue weighted by Crippen LogP contribution is 2.18. The Morgan fingerprint density at radius 1 is 1.15 bits per heavy atom. The second-order valence-corrected chi connectivity index (χ2v) is 4.07. The average Bonchev–Trinajstić information content (AvgIpc) is 2.14. The van der Waals surface area contributed by atoms with E-state index in [1.807, 2.05) is 0 Å². The van der Waals surface area contributed by atoms with Crippen LogP contribution in [-0.4, -0.2) is 0 Å². The van der Waals surface area contributed by atoms with Gasteiger partial charge in [-0.3, -0.25) is 0 Å². The summed E-state index contributed by atoms with van der Waals surface area (Å²) in [7, 11) is 0. The molecule has 1 unspecified atom stereocenters. The molecule has 0 spiro atoms. The van der Waals surface area contributed by atoms with Crippen molar-refractivity contribution in [2.24, 2.45) is 5.92 Å². The van der Waals surface area contributed by atoms with Crippen molar-refractivity contribution in [3.8, 4) is 0 Å². The maximum atomic E-state index is 2.42. The SMILES string of the molecule is CCC=C(CCC)CCC(C)CC. The van der Waals surface area contributed by atoms with Gasteiger partial charge in [-0.2, -0.15) is 0 Å². The van der Waals surface area contributed by atoms with Crippen LogP contribution in [0.3, 0.4) is 0 Å². The van der Waals surface area contributed by atoms with Crippen molar-refractivity contribution in [2.45, 2.75) is 66.2 Å². The smallest absolute Gasteiger partial charge is 0.0318 e. The lowest BCUT2D eigenvalue weighted by Crippen LogP contribution is -1.94. The molecule has 0 radical (unpaired) electrons. The standard InChI is InChI=1S/C13H26/c1-5-8-13(9-6-2)11-10-12(4)7-3/h8,12H,5-7,9-11H2,1-4H3. The topological polar surface area (TPSA) is 0 Å². The maximum Gasteiger partial charge on any atom is -0.0318 e. The van der Waals surface area contributed by atoms with Crippen molar-refractivity contribution in [1.82, 2.24) is 0 Å². The molecule has 0 aromatic rings. The van der Waals surface area contributed by atoms with E-state index in [0.29, 0.717) is 0 Å². The first-order valence-electron chi connectivity index (χ1n) is 5.92. The molecule has 1 atom stereocenters. The van der Waals surface area contributed by atoms with Crippen molar-refractivity contribution >= 4 is 0 Å². The van der Waals surface area contributed by atoms with Crippen LogP contribution in [0.15, 0.2) is 11.6 Å². The summed E-state index contributed by atoms with van der Waals surface area (Å²) in [6.07, 6.45) is 10.3. The van der Waals surface area contributed by atoms with E-state index in [0.717, 1.165) is 5.92 Å².